The molecule has 16 aromatic carbocycles. The van der Waals surface area contributed by atoms with Crippen molar-refractivity contribution in [2.45, 2.75) is 84.8 Å². The van der Waals surface area contributed by atoms with Crippen LogP contribution in [0.15, 0.2) is 332 Å². The summed E-state index contributed by atoms with van der Waals surface area (Å²) in [5, 5.41) is 20.9. The number of fused-ring (bicyclic) bond motifs is 18. The number of benzene rings is 16. The minimum atomic E-state index is -3.02. The first kappa shape index (κ1) is 69.4. The summed E-state index contributed by atoms with van der Waals surface area (Å²) >= 11 is 3.43. The van der Waals surface area contributed by atoms with E-state index in [4.69, 9.17) is 9.31 Å². The highest BCUT2D eigenvalue weighted by molar-refractivity contribution is 9.10. The van der Waals surface area contributed by atoms with Crippen LogP contribution in [0.4, 0.5) is 0 Å². The van der Waals surface area contributed by atoms with E-state index in [-0.39, 0.29) is 36.6 Å². The molecule has 0 unspecified atom stereocenters. The smallest absolute Gasteiger partial charge is 0.399 e. The molecule has 514 valence electrons. The van der Waals surface area contributed by atoms with Gasteiger partial charge in [-0.15, -0.1) is 0 Å². The fourth-order valence-electron chi connectivity index (χ4n) is 16.5. The van der Waals surface area contributed by atoms with Gasteiger partial charge >= 0.3 is 7.12 Å². The molecule has 0 spiro atoms. The maximum absolute atomic E-state index is 14.9. The van der Waals surface area contributed by atoms with E-state index in [9.17, 15) is 9.13 Å². The fourth-order valence-corrected chi connectivity index (χ4v) is 22.1. The normalized spacial score (nSPS) is 14.9. The Hall–Kier alpha value is -10.00. The minimum Gasteiger partial charge on any atom is -0.399 e. The molecule has 0 bridgehead atoms. The van der Waals surface area contributed by atoms with Gasteiger partial charge in [0.05, 0.1) is 11.2 Å². The van der Waals surface area contributed by atoms with Crippen LogP contribution in [0.3, 0.4) is 0 Å². The molecule has 0 amide bonds. The highest BCUT2D eigenvalue weighted by atomic mass is 79.9. The van der Waals surface area contributed by atoms with E-state index in [0.717, 1.165) is 47.3 Å². The van der Waals surface area contributed by atoms with Crippen molar-refractivity contribution >= 4 is 139 Å². The van der Waals surface area contributed by atoms with E-state index in [2.05, 4.69) is 253 Å². The summed E-state index contributed by atoms with van der Waals surface area (Å²) < 4.78 is 42.6. The molecule has 0 saturated carbocycles. The molecule has 0 N–H and O–H groups in total. The number of rotatable bonds is 8. The molecule has 8 heteroatoms. The molecule has 16 aromatic rings. The van der Waals surface area contributed by atoms with Gasteiger partial charge < -0.3 is 18.4 Å². The van der Waals surface area contributed by atoms with Gasteiger partial charge in [-0.3, -0.25) is 0 Å². The number of halogens is 1. The lowest BCUT2D eigenvalue weighted by Crippen LogP contribution is -2.41. The van der Waals surface area contributed by atoms with Crippen molar-refractivity contribution < 1.29 is 18.4 Å². The van der Waals surface area contributed by atoms with Gasteiger partial charge in [-0.2, -0.15) is 0 Å². The predicted molar refractivity (Wildman–Crippen MR) is 454 cm³/mol. The van der Waals surface area contributed by atoms with Crippen LogP contribution in [0.1, 0.15) is 85.1 Å². The Labute approximate surface area is 625 Å². The Morgan fingerprint density at radius 1 is 0.267 bits per heavy atom. The molecule has 19 rings (SSSR count). The molecule has 4 nitrogen and oxygen atoms in total. The van der Waals surface area contributed by atoms with Crippen LogP contribution in [0, 0.1) is 0 Å². The summed E-state index contributed by atoms with van der Waals surface area (Å²) in [6.45, 7) is 17.9. The van der Waals surface area contributed by atoms with Crippen LogP contribution < -0.4 is 37.3 Å². The van der Waals surface area contributed by atoms with Gasteiger partial charge in [0.2, 0.25) is 0 Å². The fraction of sp³-hybridized carbons (Fsp3) is 0.134. The molecule has 0 radical (unpaired) electrons. The lowest BCUT2D eigenvalue weighted by molar-refractivity contribution is 0.00578. The topological polar surface area (TPSA) is 52.6 Å². The SMILES string of the molecule is C.CC1(C)c2cc(-c3ccc(P(=O)(c4ccccc4)c4ccccc4)cc3)ccc2-c2cc3c4ccccc4c4ccccc4c3cc21.CC1(C)c2cc(B3OC(C)(C)C(C)(C)O3)ccc2-c2cc3c4ccccc4c4ccccc4c3cc21.O=P(c1ccccc1)(c1ccccc1)c1ccc(Br)cc1. The third kappa shape index (κ3) is 11.5. The maximum atomic E-state index is 14.9. The molecule has 1 heterocycles. The van der Waals surface area contributed by atoms with Crippen molar-refractivity contribution in [3.63, 3.8) is 0 Å². The zero-order valence-electron chi connectivity index (χ0n) is 59.7. The van der Waals surface area contributed by atoms with Crippen molar-refractivity contribution in [3.05, 3.63) is 354 Å². The second kappa shape index (κ2) is 26.5. The molecule has 2 aliphatic carbocycles. The second-order valence-corrected chi connectivity index (χ2v) is 36.5. The molecule has 105 heavy (non-hydrogen) atoms. The van der Waals surface area contributed by atoms with Crippen LogP contribution in [0.2, 0.25) is 0 Å². The molecule has 1 fully saturated rings. The van der Waals surface area contributed by atoms with Crippen molar-refractivity contribution in [3.8, 4) is 33.4 Å². The Bertz CT molecular complexity index is 6070. The van der Waals surface area contributed by atoms with Gasteiger partial charge in [-0.25, -0.2) is 0 Å². The third-order valence-corrected chi connectivity index (χ3v) is 29.5. The second-order valence-electron chi connectivity index (χ2n) is 30.1. The number of hydrogen-bond donors (Lipinski definition) is 0. The first-order valence-corrected chi connectivity index (χ1v) is 40.2. The Morgan fingerprint density at radius 2 is 0.533 bits per heavy atom. The van der Waals surface area contributed by atoms with E-state index in [0.29, 0.717) is 0 Å². The molecule has 0 aromatic heterocycles. The zero-order chi connectivity index (χ0) is 71.5. The van der Waals surface area contributed by atoms with Gasteiger partial charge in [-0.05, 0) is 208 Å². The molecular formula is C97H82BBrO4P2. The minimum absolute atomic E-state index is 0. The van der Waals surface area contributed by atoms with E-state index in [1.54, 1.807) is 0 Å². The first-order chi connectivity index (χ1) is 50.2. The Morgan fingerprint density at radius 3 is 0.886 bits per heavy atom. The van der Waals surface area contributed by atoms with Crippen molar-refractivity contribution in [2.24, 2.45) is 0 Å². The van der Waals surface area contributed by atoms with Crippen LogP contribution in [-0.4, -0.2) is 18.3 Å². The first-order valence-electron chi connectivity index (χ1n) is 35.9. The molecule has 1 aliphatic heterocycles. The quantitative estimate of drug-likeness (QED) is 0.0864. The van der Waals surface area contributed by atoms with Crippen LogP contribution in [0.5, 0.6) is 0 Å². The zero-order valence-corrected chi connectivity index (χ0v) is 63.0. The summed E-state index contributed by atoms with van der Waals surface area (Å²) in [7, 11) is -6.19. The van der Waals surface area contributed by atoms with Crippen molar-refractivity contribution in [2.75, 3.05) is 0 Å². The lowest BCUT2D eigenvalue weighted by atomic mass is 9.74. The average molecular weight is 1460 g/mol. The monoisotopic (exact) mass is 1460 g/mol. The molecule has 3 aliphatic rings. The van der Waals surface area contributed by atoms with Gasteiger partial charge in [0.1, 0.15) is 0 Å². The molecule has 1 saturated heterocycles. The van der Waals surface area contributed by atoms with Crippen molar-refractivity contribution in [1.82, 2.24) is 0 Å². The summed E-state index contributed by atoms with van der Waals surface area (Å²) in [6.07, 6.45) is 0. The van der Waals surface area contributed by atoms with Gasteiger partial charge in [0.15, 0.2) is 14.3 Å². The lowest BCUT2D eigenvalue weighted by Gasteiger charge is -2.32. The summed E-state index contributed by atoms with van der Waals surface area (Å²) in [5.74, 6) is 0. The predicted octanol–water partition coefficient (Wildman–Crippen LogP) is 23.2. The standard InChI is InChI=1S/C45H33OP.C33H31BO2.C18H14BrOP.CH4/c1-45(2)43-27-31(30-21-24-34(25-22-30)47(46,32-13-5-3-6-14-32)33-15-7-4-8-16-33)23-26-39(43)42-28-40-37-19-11-9-17-35(37)36-18-10-12-20-38(36)41(40)29-44(42)45;1-31(2)29-17-20(34-35-32(3,4)33(5,6)36-34)15-16-25(29)28-18-26-23-13-9-7-11-21(23)22-12-8-10-14-24(22)27(26)19-30(28)31;19-15-11-13-18(14-12-15)21(20,16-7-3-1-4-8-16)17-9-5-2-6-10-17;/h3-29H,1-2H3;7-19H,1-6H3;1-14H;1H4. The Balaban J connectivity index is 0.000000129. The summed E-state index contributed by atoms with van der Waals surface area (Å²) in [5.41, 5.74) is 13.1. The van der Waals surface area contributed by atoms with E-state index in [1.165, 1.54) is 115 Å². The van der Waals surface area contributed by atoms with Crippen molar-refractivity contribution in [1.29, 1.82) is 0 Å². The highest BCUT2D eigenvalue weighted by Gasteiger charge is 2.52. The maximum Gasteiger partial charge on any atom is 0.494 e. The largest absolute Gasteiger partial charge is 0.494 e. The van der Waals surface area contributed by atoms with Gasteiger partial charge in [-0.1, -0.05) is 324 Å². The van der Waals surface area contributed by atoms with Crippen LogP contribution in [-0.2, 0) is 29.3 Å². The van der Waals surface area contributed by atoms with E-state index in [1.807, 2.05) is 146 Å². The van der Waals surface area contributed by atoms with Crippen LogP contribution >= 0.6 is 30.2 Å². The van der Waals surface area contributed by atoms with Gasteiger partial charge in [0.25, 0.3) is 0 Å². The number of hydrogen-bond acceptors (Lipinski definition) is 4. The van der Waals surface area contributed by atoms with Gasteiger partial charge in [0, 0.05) is 47.1 Å². The molecule has 0 atom stereocenters. The average Bonchev–Trinajstić information content (AvgIpc) is 1.60. The summed E-state index contributed by atoms with van der Waals surface area (Å²) in [6, 6.07) is 114. The third-order valence-electron chi connectivity index (χ3n) is 22.9. The van der Waals surface area contributed by atoms with E-state index >= 15 is 0 Å². The summed E-state index contributed by atoms with van der Waals surface area (Å²) in [4.78, 5) is 0. The Kier molecular flexibility index (Phi) is 17.5. The molecular weight excluding hydrogens is 1380 g/mol. The highest BCUT2D eigenvalue weighted by Crippen LogP contribution is 2.55. The van der Waals surface area contributed by atoms with Crippen LogP contribution in [0.25, 0.3) is 98.0 Å². The van der Waals surface area contributed by atoms with E-state index < -0.39 is 14.3 Å².